The summed E-state index contributed by atoms with van der Waals surface area (Å²) in [6, 6.07) is 6.58. The number of hydrogen-bond donors (Lipinski definition) is 4. The van der Waals surface area contributed by atoms with Crippen molar-refractivity contribution in [2.24, 2.45) is 0 Å². The van der Waals surface area contributed by atoms with Gasteiger partial charge in [-0.2, -0.15) is 0 Å². The molecular weight excluding hydrogens is 296 g/mol. The van der Waals surface area contributed by atoms with E-state index in [9.17, 15) is 14.4 Å². The van der Waals surface area contributed by atoms with Crippen molar-refractivity contribution in [3.05, 3.63) is 24.3 Å². The van der Waals surface area contributed by atoms with E-state index in [1.54, 1.807) is 38.2 Å². The largest absolute Gasteiger partial charge is 0.354 e. The van der Waals surface area contributed by atoms with Gasteiger partial charge in [0.1, 0.15) is 0 Å². The van der Waals surface area contributed by atoms with Gasteiger partial charge in [-0.05, 0) is 38.1 Å². The minimum atomic E-state index is -0.294. The average Bonchev–Trinajstić information content (AvgIpc) is 2.52. The van der Waals surface area contributed by atoms with Crippen LogP contribution in [0.2, 0.25) is 0 Å². The molecule has 4 N–H and O–H groups in total. The Labute approximate surface area is 136 Å². The molecule has 126 valence electrons. The van der Waals surface area contributed by atoms with Crippen molar-refractivity contribution in [3.63, 3.8) is 0 Å². The van der Waals surface area contributed by atoms with Gasteiger partial charge in [-0.1, -0.05) is 0 Å². The molecule has 1 aromatic rings. The second-order valence-corrected chi connectivity index (χ2v) is 5.33. The third-order valence-corrected chi connectivity index (χ3v) is 3.58. The van der Waals surface area contributed by atoms with Crippen LogP contribution in [0.25, 0.3) is 0 Å². The van der Waals surface area contributed by atoms with Gasteiger partial charge < -0.3 is 20.9 Å². The number of nitrogens with one attached hydrogen (secondary N) is 4. The fourth-order valence-corrected chi connectivity index (χ4v) is 2.24. The number of carbonyl (C=O) groups excluding carboxylic acids is 3. The van der Waals surface area contributed by atoms with Crippen molar-refractivity contribution >= 4 is 29.1 Å². The Kier molecular flexibility index (Phi) is 7.21. The Morgan fingerprint density at radius 3 is 2.04 bits per heavy atom. The molecule has 0 bridgehead atoms. The van der Waals surface area contributed by atoms with E-state index in [1.807, 2.05) is 6.92 Å². The van der Waals surface area contributed by atoms with Gasteiger partial charge in [-0.3, -0.25) is 14.4 Å². The highest BCUT2D eigenvalue weighted by Gasteiger charge is 2.24. The second kappa shape index (κ2) is 8.89. The topological polar surface area (TPSA) is 91.7 Å². The van der Waals surface area contributed by atoms with Crippen molar-refractivity contribution in [1.82, 2.24) is 5.32 Å². The molecule has 0 aromatic heterocycles. The summed E-state index contributed by atoms with van der Waals surface area (Å²) in [6.07, 6.45) is 0. The zero-order chi connectivity index (χ0) is 17.4. The SMILES string of the molecule is CC[NH+](CC(=O)Nc1ccc(NC(C)=O)cc1)[C@H](C)C(=O)NC. The Morgan fingerprint density at radius 1 is 1.09 bits per heavy atom. The Morgan fingerprint density at radius 2 is 1.61 bits per heavy atom. The molecule has 1 rings (SSSR count). The highest BCUT2D eigenvalue weighted by molar-refractivity contribution is 5.92. The molecular formula is C16H25N4O3+. The summed E-state index contributed by atoms with van der Waals surface area (Å²) in [7, 11) is 1.59. The molecule has 7 heteroatoms. The van der Waals surface area contributed by atoms with E-state index >= 15 is 0 Å². The predicted molar refractivity (Wildman–Crippen MR) is 89.3 cm³/mol. The smallest absolute Gasteiger partial charge is 0.279 e. The van der Waals surface area contributed by atoms with Crippen molar-refractivity contribution < 1.29 is 19.3 Å². The molecule has 0 spiro atoms. The summed E-state index contributed by atoms with van der Waals surface area (Å²) in [5.41, 5.74) is 1.32. The molecule has 2 atom stereocenters. The Balaban J connectivity index is 2.61. The molecule has 1 unspecified atom stereocenters. The molecule has 0 fully saturated rings. The lowest BCUT2D eigenvalue weighted by atomic mass is 10.2. The monoisotopic (exact) mass is 321 g/mol. The van der Waals surface area contributed by atoms with Crippen molar-refractivity contribution in [2.45, 2.75) is 26.8 Å². The normalized spacial score (nSPS) is 12.9. The van der Waals surface area contributed by atoms with Crippen LogP contribution in [0, 0.1) is 0 Å². The molecule has 0 saturated heterocycles. The average molecular weight is 321 g/mol. The molecule has 0 aliphatic rings. The van der Waals surface area contributed by atoms with E-state index in [0.717, 1.165) is 4.90 Å². The van der Waals surface area contributed by atoms with E-state index in [4.69, 9.17) is 0 Å². The molecule has 1 aromatic carbocycles. The Bertz CT molecular complexity index is 557. The molecule has 3 amide bonds. The van der Waals surface area contributed by atoms with Crippen LogP contribution < -0.4 is 20.9 Å². The zero-order valence-electron chi connectivity index (χ0n) is 14.0. The summed E-state index contributed by atoms with van der Waals surface area (Å²) in [4.78, 5) is 35.6. The van der Waals surface area contributed by atoms with Crippen LogP contribution in [-0.4, -0.2) is 43.9 Å². The van der Waals surface area contributed by atoms with Gasteiger partial charge in [0.2, 0.25) is 5.91 Å². The van der Waals surface area contributed by atoms with Gasteiger partial charge in [-0.25, -0.2) is 0 Å². The zero-order valence-corrected chi connectivity index (χ0v) is 14.0. The van der Waals surface area contributed by atoms with Crippen molar-refractivity contribution in [3.8, 4) is 0 Å². The summed E-state index contributed by atoms with van der Waals surface area (Å²) in [5, 5.41) is 8.05. The van der Waals surface area contributed by atoms with Crippen molar-refractivity contribution in [2.75, 3.05) is 30.8 Å². The number of benzene rings is 1. The number of hydrogen-bond acceptors (Lipinski definition) is 3. The molecule has 0 aliphatic heterocycles. The van der Waals surface area contributed by atoms with Gasteiger partial charge >= 0.3 is 0 Å². The van der Waals surface area contributed by atoms with Gasteiger partial charge in [0, 0.05) is 25.3 Å². The van der Waals surface area contributed by atoms with E-state index in [0.29, 0.717) is 17.9 Å². The second-order valence-electron chi connectivity index (χ2n) is 5.33. The van der Waals surface area contributed by atoms with Crippen LogP contribution in [-0.2, 0) is 14.4 Å². The summed E-state index contributed by atoms with van der Waals surface area (Å²) < 4.78 is 0. The van der Waals surface area contributed by atoms with Crippen LogP contribution in [0.1, 0.15) is 20.8 Å². The standard InChI is InChI=1S/C16H24N4O3/c1-5-20(11(2)16(23)17-4)10-15(22)19-14-8-6-13(7-9-14)18-12(3)21/h6-9,11H,5,10H2,1-4H3,(H,17,23)(H,18,21)(H,19,22)/p+1/t11-/m1/s1. The lowest BCUT2D eigenvalue weighted by molar-refractivity contribution is -0.904. The van der Waals surface area contributed by atoms with Crippen LogP contribution in [0.3, 0.4) is 0 Å². The minimum absolute atomic E-state index is 0.0886. The van der Waals surface area contributed by atoms with Gasteiger partial charge in [0.15, 0.2) is 12.6 Å². The molecule has 0 aliphatic carbocycles. The predicted octanol–water partition coefficient (Wildman–Crippen LogP) is -0.377. The number of amides is 3. The lowest BCUT2D eigenvalue weighted by Gasteiger charge is -2.22. The molecule has 0 heterocycles. The molecule has 7 nitrogen and oxygen atoms in total. The number of quaternary nitrogens is 1. The maximum atomic E-state index is 12.1. The quantitative estimate of drug-likeness (QED) is 0.552. The van der Waals surface area contributed by atoms with Gasteiger partial charge in [0.05, 0.1) is 6.54 Å². The van der Waals surface area contributed by atoms with E-state index in [2.05, 4.69) is 16.0 Å². The van der Waals surface area contributed by atoms with Crippen LogP contribution in [0.4, 0.5) is 11.4 Å². The first-order valence-electron chi connectivity index (χ1n) is 7.61. The number of carbonyl (C=O) groups is 3. The summed E-state index contributed by atoms with van der Waals surface area (Å²) in [6.45, 7) is 6.05. The number of anilines is 2. The summed E-state index contributed by atoms with van der Waals surface area (Å²) >= 11 is 0. The highest BCUT2D eigenvalue weighted by Crippen LogP contribution is 2.13. The third-order valence-electron chi connectivity index (χ3n) is 3.58. The number of rotatable bonds is 7. The van der Waals surface area contributed by atoms with Gasteiger partial charge in [-0.15, -0.1) is 0 Å². The maximum absolute atomic E-state index is 12.1. The molecule has 0 radical (unpaired) electrons. The third kappa shape index (κ3) is 6.07. The Hall–Kier alpha value is -2.41. The number of likely N-dealkylation sites (N-methyl/N-ethyl adjacent to an activating group) is 2. The molecule has 0 saturated carbocycles. The fourth-order valence-electron chi connectivity index (χ4n) is 2.24. The van der Waals surface area contributed by atoms with Crippen LogP contribution >= 0.6 is 0 Å². The first-order valence-corrected chi connectivity index (χ1v) is 7.61. The van der Waals surface area contributed by atoms with E-state index < -0.39 is 0 Å². The van der Waals surface area contributed by atoms with Crippen molar-refractivity contribution in [1.29, 1.82) is 0 Å². The first-order chi connectivity index (χ1) is 10.9. The first kappa shape index (κ1) is 18.6. The summed E-state index contributed by atoms with van der Waals surface area (Å²) in [5.74, 6) is -0.397. The van der Waals surface area contributed by atoms with Crippen LogP contribution in [0.5, 0.6) is 0 Å². The van der Waals surface area contributed by atoms with Gasteiger partial charge in [0.25, 0.3) is 11.8 Å². The molecule has 23 heavy (non-hydrogen) atoms. The van der Waals surface area contributed by atoms with E-state index in [1.165, 1.54) is 6.92 Å². The lowest BCUT2D eigenvalue weighted by Crippen LogP contribution is -3.17. The maximum Gasteiger partial charge on any atom is 0.279 e. The fraction of sp³-hybridized carbons (Fsp3) is 0.438. The minimum Gasteiger partial charge on any atom is -0.354 e. The van der Waals surface area contributed by atoms with E-state index in [-0.39, 0.29) is 30.3 Å². The van der Waals surface area contributed by atoms with Crippen LogP contribution in [0.15, 0.2) is 24.3 Å². The highest BCUT2D eigenvalue weighted by atomic mass is 16.2.